The normalized spacial score (nSPS) is 10.1. The molecule has 0 aliphatic rings. The van der Waals surface area contributed by atoms with Gasteiger partial charge in [-0.1, -0.05) is 11.6 Å². The van der Waals surface area contributed by atoms with Crippen LogP contribution >= 0.6 is 34.2 Å². The van der Waals surface area contributed by atoms with Gasteiger partial charge >= 0.3 is 0 Å². The second-order valence-corrected chi connectivity index (χ2v) is 4.76. The van der Waals surface area contributed by atoms with Crippen LogP contribution in [0.15, 0.2) is 30.5 Å². The molecule has 2 aromatic rings. The van der Waals surface area contributed by atoms with Gasteiger partial charge in [0, 0.05) is 14.8 Å². The maximum Gasteiger partial charge on any atom is 0.239 e. The quantitative estimate of drug-likeness (QED) is 0.445. The Labute approximate surface area is 117 Å². The zero-order valence-corrected chi connectivity index (χ0v) is 11.5. The molecule has 0 atom stereocenters. The van der Waals surface area contributed by atoms with E-state index in [2.05, 4.69) is 43.3 Å². The highest BCUT2D eigenvalue weighted by Crippen LogP contribution is 2.24. The first-order chi connectivity index (χ1) is 8.19. The molecule has 0 aliphatic heterocycles. The number of nitrogen functional groups attached to an aromatic ring is 1. The Balaban J connectivity index is 2.25. The topological polar surface area (TPSA) is 75.9 Å². The van der Waals surface area contributed by atoms with Crippen molar-refractivity contribution in [3.63, 3.8) is 0 Å². The van der Waals surface area contributed by atoms with Crippen molar-refractivity contribution in [2.75, 3.05) is 10.7 Å². The lowest BCUT2D eigenvalue weighted by Crippen LogP contribution is -2.10. The van der Waals surface area contributed by atoms with Crippen molar-refractivity contribution in [2.24, 2.45) is 5.84 Å². The molecule has 0 amide bonds. The summed E-state index contributed by atoms with van der Waals surface area (Å²) in [5.74, 6) is 6.26. The van der Waals surface area contributed by atoms with Crippen LogP contribution in [0.4, 0.5) is 17.5 Å². The van der Waals surface area contributed by atoms with Crippen LogP contribution in [-0.2, 0) is 0 Å². The Morgan fingerprint density at radius 1 is 1.29 bits per heavy atom. The number of halogens is 2. The Hall–Kier alpha value is -1.12. The molecule has 0 saturated carbocycles. The van der Waals surface area contributed by atoms with Gasteiger partial charge in [0.2, 0.25) is 5.95 Å². The van der Waals surface area contributed by atoms with Gasteiger partial charge < -0.3 is 5.32 Å². The molecule has 17 heavy (non-hydrogen) atoms. The first kappa shape index (κ1) is 12.3. The molecule has 2 rings (SSSR count). The second-order valence-electron chi connectivity index (χ2n) is 3.16. The summed E-state index contributed by atoms with van der Waals surface area (Å²) >= 11 is 8.08. The number of rotatable bonds is 3. The van der Waals surface area contributed by atoms with Gasteiger partial charge in [-0.05, 0) is 46.9 Å². The highest BCUT2D eigenvalue weighted by Gasteiger charge is 2.03. The summed E-state index contributed by atoms with van der Waals surface area (Å²) in [6.45, 7) is 0. The summed E-state index contributed by atoms with van der Waals surface area (Å²) < 4.78 is 1.01. The highest BCUT2D eigenvalue weighted by atomic mass is 127. The highest BCUT2D eigenvalue weighted by molar-refractivity contribution is 14.1. The van der Waals surface area contributed by atoms with E-state index < -0.39 is 0 Å². The van der Waals surface area contributed by atoms with Gasteiger partial charge in [-0.3, -0.25) is 5.43 Å². The van der Waals surface area contributed by atoms with Crippen molar-refractivity contribution in [2.45, 2.75) is 0 Å². The molecule has 0 aliphatic carbocycles. The Morgan fingerprint density at radius 3 is 2.82 bits per heavy atom. The average molecular weight is 362 g/mol. The molecule has 0 fully saturated rings. The summed E-state index contributed by atoms with van der Waals surface area (Å²) in [6, 6.07) is 7.33. The van der Waals surface area contributed by atoms with Crippen LogP contribution in [0.1, 0.15) is 0 Å². The molecule has 0 unspecified atom stereocenters. The van der Waals surface area contributed by atoms with E-state index in [4.69, 9.17) is 17.4 Å². The lowest BCUT2D eigenvalue weighted by Gasteiger charge is -2.08. The van der Waals surface area contributed by atoms with Crippen LogP contribution in [0.5, 0.6) is 0 Å². The second kappa shape index (κ2) is 5.48. The van der Waals surface area contributed by atoms with E-state index in [1.165, 1.54) is 0 Å². The number of nitrogens with zero attached hydrogens (tertiary/aromatic N) is 2. The van der Waals surface area contributed by atoms with E-state index in [9.17, 15) is 0 Å². The summed E-state index contributed by atoms with van der Waals surface area (Å²) in [4.78, 5) is 8.08. The Morgan fingerprint density at radius 2 is 2.12 bits per heavy atom. The molecule has 1 heterocycles. The fraction of sp³-hybridized carbons (Fsp3) is 0. The molecule has 5 nitrogen and oxygen atoms in total. The number of hydrazine groups is 1. The summed E-state index contributed by atoms with van der Waals surface area (Å²) in [6.07, 6.45) is 1.62. The predicted octanol–water partition coefficient (Wildman–Crippen LogP) is 2.76. The largest absolute Gasteiger partial charge is 0.339 e. The van der Waals surface area contributed by atoms with Crippen molar-refractivity contribution in [3.05, 3.63) is 39.1 Å². The number of anilines is 3. The summed E-state index contributed by atoms with van der Waals surface area (Å²) in [7, 11) is 0. The molecule has 1 aromatic carbocycles. The van der Waals surface area contributed by atoms with Gasteiger partial charge in [-0.25, -0.2) is 10.8 Å². The van der Waals surface area contributed by atoms with E-state index in [-0.39, 0.29) is 0 Å². The van der Waals surface area contributed by atoms with E-state index in [0.29, 0.717) is 16.8 Å². The van der Waals surface area contributed by atoms with Crippen molar-refractivity contribution in [1.82, 2.24) is 9.97 Å². The number of nitrogens with one attached hydrogen (secondary N) is 2. The minimum Gasteiger partial charge on any atom is -0.339 e. The van der Waals surface area contributed by atoms with Crippen molar-refractivity contribution >= 4 is 51.6 Å². The van der Waals surface area contributed by atoms with Crippen LogP contribution < -0.4 is 16.6 Å². The molecule has 0 saturated heterocycles. The fourth-order valence-corrected chi connectivity index (χ4v) is 2.23. The van der Waals surface area contributed by atoms with E-state index in [1.807, 2.05) is 18.2 Å². The smallest absolute Gasteiger partial charge is 0.239 e. The van der Waals surface area contributed by atoms with Gasteiger partial charge in [0.1, 0.15) is 5.82 Å². The monoisotopic (exact) mass is 361 g/mol. The van der Waals surface area contributed by atoms with E-state index >= 15 is 0 Å². The van der Waals surface area contributed by atoms with Crippen LogP contribution in [0, 0.1) is 3.57 Å². The minimum absolute atomic E-state index is 0.360. The van der Waals surface area contributed by atoms with Gasteiger partial charge in [0.05, 0.1) is 5.69 Å². The van der Waals surface area contributed by atoms with Crippen LogP contribution in [0.25, 0.3) is 0 Å². The number of benzene rings is 1. The van der Waals surface area contributed by atoms with Crippen LogP contribution in [0.3, 0.4) is 0 Å². The van der Waals surface area contributed by atoms with Crippen molar-refractivity contribution in [3.8, 4) is 0 Å². The lowest BCUT2D eigenvalue weighted by molar-refractivity contribution is 1.12. The van der Waals surface area contributed by atoms with Crippen molar-refractivity contribution in [1.29, 1.82) is 0 Å². The number of hydrogen-bond acceptors (Lipinski definition) is 5. The molecular weight excluding hydrogens is 353 g/mol. The third-order valence-corrected chi connectivity index (χ3v) is 3.11. The zero-order chi connectivity index (χ0) is 12.3. The average Bonchev–Trinajstić information content (AvgIpc) is 2.33. The third-order valence-electron chi connectivity index (χ3n) is 1.98. The molecule has 4 N–H and O–H groups in total. The van der Waals surface area contributed by atoms with Crippen LogP contribution in [0.2, 0.25) is 5.02 Å². The van der Waals surface area contributed by atoms with E-state index in [1.54, 1.807) is 12.3 Å². The first-order valence-electron chi connectivity index (χ1n) is 4.71. The maximum atomic E-state index is 5.88. The van der Waals surface area contributed by atoms with Gasteiger partial charge in [0.15, 0.2) is 0 Å². The van der Waals surface area contributed by atoms with Crippen molar-refractivity contribution < 1.29 is 0 Å². The summed E-state index contributed by atoms with van der Waals surface area (Å²) in [5.41, 5.74) is 3.32. The molecule has 0 radical (unpaired) electrons. The third kappa shape index (κ3) is 3.18. The maximum absolute atomic E-state index is 5.88. The predicted molar refractivity (Wildman–Crippen MR) is 77.3 cm³/mol. The summed E-state index contributed by atoms with van der Waals surface area (Å²) in [5, 5.41) is 3.86. The lowest BCUT2D eigenvalue weighted by atomic mass is 10.3. The fourth-order valence-electron chi connectivity index (χ4n) is 1.23. The first-order valence-corrected chi connectivity index (χ1v) is 6.16. The Kier molecular flexibility index (Phi) is 3.97. The molecule has 88 valence electrons. The minimum atomic E-state index is 0.360. The molecule has 1 aromatic heterocycles. The van der Waals surface area contributed by atoms with E-state index in [0.717, 1.165) is 9.26 Å². The van der Waals surface area contributed by atoms with Gasteiger partial charge in [-0.2, -0.15) is 4.98 Å². The number of hydrogen-bond donors (Lipinski definition) is 3. The standard InChI is InChI=1S/C10H9ClIN5/c11-6-1-2-8(7(12)5-6)15-9-3-4-14-10(16-9)17-13/h1-5H,13H2,(H2,14,15,16,17). The molecular formula is C10H9ClIN5. The zero-order valence-electron chi connectivity index (χ0n) is 8.61. The Bertz CT molecular complexity index is 534. The van der Waals surface area contributed by atoms with Crippen LogP contribution in [-0.4, -0.2) is 9.97 Å². The molecule has 0 spiro atoms. The van der Waals surface area contributed by atoms with Gasteiger partial charge in [0.25, 0.3) is 0 Å². The SMILES string of the molecule is NNc1nccc(Nc2ccc(Cl)cc2I)n1. The molecule has 0 bridgehead atoms. The molecule has 7 heteroatoms. The van der Waals surface area contributed by atoms with Gasteiger partial charge in [-0.15, -0.1) is 0 Å². The number of aromatic nitrogens is 2. The number of nitrogens with two attached hydrogens (primary N) is 1.